The molecule has 1 N–H and O–H groups in total. The number of fused-ring (bicyclic) bond motifs is 2. The van der Waals surface area contributed by atoms with Gasteiger partial charge in [0.05, 0.1) is 12.1 Å². The molecule has 0 heterocycles. The van der Waals surface area contributed by atoms with Gasteiger partial charge in [0.1, 0.15) is 5.84 Å². The van der Waals surface area contributed by atoms with E-state index in [1.54, 1.807) is 4.31 Å². The van der Waals surface area contributed by atoms with Crippen molar-refractivity contribution in [3.05, 3.63) is 120 Å². The van der Waals surface area contributed by atoms with Crippen LogP contribution in [0, 0.1) is 5.41 Å². The molecule has 0 unspecified atom stereocenters. The molecule has 0 atom stereocenters. The highest BCUT2D eigenvalue weighted by Gasteiger charge is 2.09. The van der Waals surface area contributed by atoms with Crippen molar-refractivity contribution in [3.8, 4) is 11.1 Å². The molecule has 0 saturated carbocycles. The fourth-order valence-electron chi connectivity index (χ4n) is 3.94. The molecule has 0 bridgehead atoms. The van der Waals surface area contributed by atoms with E-state index in [2.05, 4.69) is 89.3 Å². The van der Waals surface area contributed by atoms with Crippen molar-refractivity contribution in [1.29, 1.82) is 5.41 Å². The third kappa shape index (κ3) is 4.52. The quantitative estimate of drug-likeness (QED) is 0.172. The van der Waals surface area contributed by atoms with E-state index < -0.39 is 0 Å². The number of amidine groups is 1. The minimum absolute atomic E-state index is 0.425. The van der Waals surface area contributed by atoms with Gasteiger partial charge in [0.2, 0.25) is 0 Å². The first kappa shape index (κ1) is 21.0. The van der Waals surface area contributed by atoms with E-state index in [9.17, 15) is 0 Å². The molecule has 0 spiro atoms. The summed E-state index contributed by atoms with van der Waals surface area (Å²) in [4.78, 5) is 0. The third-order valence-corrected chi connectivity index (χ3v) is 6.35. The summed E-state index contributed by atoms with van der Waals surface area (Å²) in [6.45, 7) is 0. The second-order valence-electron chi connectivity index (χ2n) is 7.87. The Morgan fingerprint density at radius 1 is 0.758 bits per heavy atom. The van der Waals surface area contributed by atoms with E-state index in [0.29, 0.717) is 5.84 Å². The predicted octanol–water partition coefficient (Wildman–Crippen LogP) is 7.60. The van der Waals surface area contributed by atoms with Gasteiger partial charge in [0, 0.05) is 18.8 Å². The van der Waals surface area contributed by atoms with Gasteiger partial charge < -0.3 is 0 Å². The van der Waals surface area contributed by atoms with Crippen LogP contribution in [0.3, 0.4) is 0 Å². The minimum atomic E-state index is 0.425. The lowest BCUT2D eigenvalue weighted by atomic mass is 9.98. The van der Waals surface area contributed by atoms with E-state index in [1.807, 2.05) is 37.5 Å². The van der Waals surface area contributed by atoms with E-state index in [0.717, 1.165) is 16.5 Å². The lowest BCUT2D eigenvalue weighted by Crippen LogP contribution is -2.18. The molecule has 33 heavy (non-hydrogen) atoms. The van der Waals surface area contributed by atoms with Crippen LogP contribution in [0.2, 0.25) is 0 Å². The maximum absolute atomic E-state index is 8.51. The van der Waals surface area contributed by atoms with Crippen molar-refractivity contribution in [1.82, 2.24) is 4.31 Å². The fourth-order valence-corrected chi connectivity index (χ4v) is 4.44. The zero-order valence-electron chi connectivity index (χ0n) is 18.3. The maximum atomic E-state index is 8.51. The van der Waals surface area contributed by atoms with Crippen LogP contribution in [0.4, 0.5) is 0 Å². The smallest absolute Gasteiger partial charge is 0.139 e. The molecule has 5 aromatic rings. The lowest BCUT2D eigenvalue weighted by molar-refractivity contribution is 0.836. The van der Waals surface area contributed by atoms with Crippen molar-refractivity contribution in [3.63, 3.8) is 0 Å². The first-order chi connectivity index (χ1) is 16.2. The molecule has 0 amide bonds. The molecule has 4 heteroatoms. The van der Waals surface area contributed by atoms with Crippen LogP contribution < -0.4 is 0 Å². The second kappa shape index (κ2) is 9.31. The zero-order chi connectivity index (χ0) is 22.6. The van der Waals surface area contributed by atoms with E-state index in [1.165, 1.54) is 39.4 Å². The molecule has 0 aliphatic rings. The summed E-state index contributed by atoms with van der Waals surface area (Å²) in [6, 6.07) is 37.6. The molecule has 5 rings (SSSR count). The Hall–Kier alpha value is -3.89. The molecule has 0 fully saturated rings. The average Bonchev–Trinajstić information content (AvgIpc) is 2.88. The Bertz CT molecular complexity index is 1470. The molecule has 160 valence electrons. The Kier molecular flexibility index (Phi) is 5.92. The second-order valence-corrected chi connectivity index (χ2v) is 8.79. The van der Waals surface area contributed by atoms with Gasteiger partial charge in [0.25, 0.3) is 0 Å². The highest BCUT2D eigenvalue weighted by Crippen LogP contribution is 2.28. The van der Waals surface area contributed by atoms with Crippen LogP contribution in [-0.4, -0.2) is 23.4 Å². The van der Waals surface area contributed by atoms with Crippen LogP contribution in [0.25, 0.3) is 32.7 Å². The van der Waals surface area contributed by atoms with E-state index in [4.69, 9.17) is 5.41 Å². The monoisotopic (exact) mass is 445 g/mol. The van der Waals surface area contributed by atoms with Crippen LogP contribution >= 0.6 is 12.1 Å². The fraction of sp³-hybridized carbons (Fsp3) is 0.0345. The standard InChI is InChI=1S/C29H23N3S/c1-32(29(30)26-18-17-22-7-2-3-9-25(22)19-26)33-31-20-21-13-15-24(16-14-21)28-12-6-10-23-8-4-5-11-27(23)28/h2-20,30H,1H3. The van der Waals surface area contributed by atoms with Crippen molar-refractivity contribution in [2.24, 2.45) is 4.40 Å². The molecule has 0 aromatic heterocycles. The zero-order valence-corrected chi connectivity index (χ0v) is 19.1. The summed E-state index contributed by atoms with van der Waals surface area (Å²) >= 11 is 1.26. The molecular formula is C29H23N3S. The van der Waals surface area contributed by atoms with Crippen molar-refractivity contribution < 1.29 is 0 Å². The van der Waals surface area contributed by atoms with Crippen LogP contribution in [-0.2, 0) is 0 Å². The van der Waals surface area contributed by atoms with Crippen molar-refractivity contribution in [2.75, 3.05) is 7.05 Å². The minimum Gasteiger partial charge on any atom is -0.284 e. The summed E-state index contributed by atoms with van der Waals surface area (Å²) < 4.78 is 6.25. The average molecular weight is 446 g/mol. The maximum Gasteiger partial charge on any atom is 0.139 e. The Morgan fingerprint density at radius 2 is 1.45 bits per heavy atom. The highest BCUT2D eigenvalue weighted by molar-refractivity contribution is 7.96. The summed E-state index contributed by atoms with van der Waals surface area (Å²) in [6.07, 6.45) is 1.84. The number of nitrogens with zero attached hydrogens (tertiary/aromatic N) is 2. The van der Waals surface area contributed by atoms with Crippen molar-refractivity contribution >= 4 is 45.7 Å². The number of benzene rings is 5. The third-order valence-electron chi connectivity index (χ3n) is 5.72. The summed E-state index contributed by atoms with van der Waals surface area (Å²) in [5.41, 5.74) is 4.32. The molecule has 5 aromatic carbocycles. The molecule has 3 nitrogen and oxygen atoms in total. The lowest BCUT2D eigenvalue weighted by Gasteiger charge is -2.16. The molecular weight excluding hydrogens is 422 g/mol. The summed E-state index contributed by atoms with van der Waals surface area (Å²) in [7, 11) is 1.86. The van der Waals surface area contributed by atoms with Gasteiger partial charge in [-0.1, -0.05) is 103 Å². The first-order valence-electron chi connectivity index (χ1n) is 10.8. The van der Waals surface area contributed by atoms with Crippen molar-refractivity contribution in [2.45, 2.75) is 0 Å². The Morgan fingerprint density at radius 3 is 2.27 bits per heavy atom. The number of nitrogens with one attached hydrogen (secondary N) is 1. The highest BCUT2D eigenvalue weighted by atomic mass is 32.2. The topological polar surface area (TPSA) is 39.5 Å². The van der Waals surface area contributed by atoms with Crippen LogP contribution in [0.1, 0.15) is 11.1 Å². The van der Waals surface area contributed by atoms with Crippen LogP contribution in [0.5, 0.6) is 0 Å². The molecule has 0 saturated heterocycles. The van der Waals surface area contributed by atoms with Gasteiger partial charge in [0.15, 0.2) is 0 Å². The Balaban J connectivity index is 1.27. The molecule has 0 aliphatic carbocycles. The summed E-state index contributed by atoms with van der Waals surface area (Å²) in [5.74, 6) is 0.425. The number of hydrogen-bond donors (Lipinski definition) is 1. The van der Waals surface area contributed by atoms with Gasteiger partial charge in [-0.2, -0.15) is 0 Å². The van der Waals surface area contributed by atoms with E-state index in [-0.39, 0.29) is 0 Å². The molecule has 0 radical (unpaired) electrons. The SMILES string of the molecule is CN(SN=Cc1ccc(-c2cccc3ccccc23)cc1)C(=N)c1ccc2ccccc2c1. The normalized spacial score (nSPS) is 11.3. The number of rotatable bonds is 5. The van der Waals surface area contributed by atoms with Crippen LogP contribution in [0.15, 0.2) is 114 Å². The van der Waals surface area contributed by atoms with E-state index >= 15 is 0 Å². The predicted molar refractivity (Wildman–Crippen MR) is 143 cm³/mol. The largest absolute Gasteiger partial charge is 0.284 e. The number of hydrogen-bond acceptors (Lipinski definition) is 3. The van der Waals surface area contributed by atoms with Gasteiger partial charge in [-0.05, 0) is 44.3 Å². The Labute approximate surface area is 198 Å². The van der Waals surface area contributed by atoms with Gasteiger partial charge >= 0.3 is 0 Å². The van der Waals surface area contributed by atoms with Gasteiger partial charge in [-0.3, -0.25) is 9.71 Å². The molecule has 0 aliphatic heterocycles. The summed E-state index contributed by atoms with van der Waals surface area (Å²) in [5, 5.41) is 13.3. The van der Waals surface area contributed by atoms with Gasteiger partial charge in [-0.15, -0.1) is 0 Å². The van der Waals surface area contributed by atoms with Gasteiger partial charge in [-0.25, -0.2) is 4.40 Å². The first-order valence-corrected chi connectivity index (χ1v) is 11.5.